The van der Waals surface area contributed by atoms with Crippen LogP contribution < -0.4 is 10.2 Å². The Kier molecular flexibility index (Phi) is 6.81. The summed E-state index contributed by atoms with van der Waals surface area (Å²) in [6, 6.07) is 2.11. The Morgan fingerprint density at radius 2 is 1.96 bits per heavy atom. The van der Waals surface area contributed by atoms with E-state index in [-0.39, 0.29) is 5.91 Å². The minimum absolute atomic E-state index is 0.0625. The molecule has 2 rings (SSSR count). The van der Waals surface area contributed by atoms with Gasteiger partial charge < -0.3 is 10.2 Å². The lowest BCUT2D eigenvalue weighted by Crippen LogP contribution is -2.35. The van der Waals surface area contributed by atoms with E-state index in [0.29, 0.717) is 17.6 Å². The molecule has 0 spiro atoms. The zero-order chi connectivity index (χ0) is 16.7. The maximum atomic E-state index is 12.5. The van der Waals surface area contributed by atoms with E-state index in [1.165, 1.54) is 25.7 Å². The standard InChI is InChI=1S/C18H30N4O/c1-4-5-12-22(3)17-13-16(19-14(2)20-17)18(23)21-15-10-8-6-7-9-11-15/h13,15H,4-12H2,1-3H3,(H,21,23). The molecule has 1 amide bonds. The van der Waals surface area contributed by atoms with Crippen molar-refractivity contribution in [3.05, 3.63) is 17.6 Å². The molecule has 0 radical (unpaired) electrons. The predicted octanol–water partition coefficient (Wildman–Crippen LogP) is 3.47. The number of hydrogen-bond donors (Lipinski definition) is 1. The second-order valence-electron chi connectivity index (χ2n) is 6.60. The Bertz CT molecular complexity index is 510. The van der Waals surface area contributed by atoms with Gasteiger partial charge >= 0.3 is 0 Å². The van der Waals surface area contributed by atoms with Gasteiger partial charge in [-0.25, -0.2) is 9.97 Å². The van der Waals surface area contributed by atoms with Gasteiger partial charge in [0.2, 0.25) is 0 Å². The Hall–Kier alpha value is -1.65. The molecule has 1 heterocycles. The number of nitrogens with zero attached hydrogens (tertiary/aromatic N) is 3. The molecule has 1 aromatic heterocycles. The second-order valence-corrected chi connectivity index (χ2v) is 6.60. The minimum Gasteiger partial charge on any atom is -0.360 e. The van der Waals surface area contributed by atoms with Crippen LogP contribution in [0.15, 0.2) is 6.07 Å². The van der Waals surface area contributed by atoms with Crippen molar-refractivity contribution in [3.8, 4) is 0 Å². The highest BCUT2D eigenvalue weighted by molar-refractivity contribution is 5.93. The monoisotopic (exact) mass is 318 g/mol. The fraction of sp³-hybridized carbons (Fsp3) is 0.722. The van der Waals surface area contributed by atoms with Crippen LogP contribution in [0.2, 0.25) is 0 Å². The van der Waals surface area contributed by atoms with Crippen molar-refractivity contribution < 1.29 is 4.79 Å². The van der Waals surface area contributed by atoms with Crippen LogP contribution in [0.25, 0.3) is 0 Å². The van der Waals surface area contributed by atoms with Crippen LogP contribution in [0.1, 0.15) is 74.6 Å². The van der Waals surface area contributed by atoms with Crippen molar-refractivity contribution in [2.45, 2.75) is 71.3 Å². The van der Waals surface area contributed by atoms with Gasteiger partial charge in [0.25, 0.3) is 5.91 Å². The van der Waals surface area contributed by atoms with Gasteiger partial charge in [0, 0.05) is 25.7 Å². The zero-order valence-corrected chi connectivity index (χ0v) is 14.8. The smallest absolute Gasteiger partial charge is 0.270 e. The first-order chi connectivity index (χ1) is 11.1. The first kappa shape index (κ1) is 17.7. The molecule has 5 nitrogen and oxygen atoms in total. The van der Waals surface area contributed by atoms with E-state index < -0.39 is 0 Å². The first-order valence-corrected chi connectivity index (χ1v) is 8.98. The quantitative estimate of drug-likeness (QED) is 0.816. The van der Waals surface area contributed by atoms with E-state index in [4.69, 9.17) is 0 Å². The summed E-state index contributed by atoms with van der Waals surface area (Å²) in [5.41, 5.74) is 0.486. The Balaban J connectivity index is 2.05. The molecule has 0 atom stereocenters. The topological polar surface area (TPSA) is 58.1 Å². The molecule has 1 saturated carbocycles. The molecule has 128 valence electrons. The van der Waals surface area contributed by atoms with E-state index >= 15 is 0 Å². The van der Waals surface area contributed by atoms with E-state index in [1.54, 1.807) is 0 Å². The van der Waals surface area contributed by atoms with Gasteiger partial charge in [0.1, 0.15) is 17.3 Å². The molecule has 0 unspecified atom stereocenters. The molecule has 1 aromatic rings. The van der Waals surface area contributed by atoms with Gasteiger partial charge in [-0.1, -0.05) is 39.0 Å². The lowest BCUT2D eigenvalue weighted by molar-refractivity contribution is 0.0928. The summed E-state index contributed by atoms with van der Waals surface area (Å²) in [4.78, 5) is 23.4. The van der Waals surface area contributed by atoms with E-state index in [1.807, 2.05) is 20.0 Å². The molecule has 1 aliphatic rings. The van der Waals surface area contributed by atoms with Crippen LogP contribution in [0.4, 0.5) is 5.82 Å². The number of aromatic nitrogens is 2. The Morgan fingerprint density at radius 3 is 2.61 bits per heavy atom. The van der Waals surface area contributed by atoms with Gasteiger partial charge in [0.15, 0.2) is 0 Å². The number of hydrogen-bond acceptors (Lipinski definition) is 4. The Labute approximate surface area is 139 Å². The van der Waals surface area contributed by atoms with Crippen molar-refractivity contribution in [1.82, 2.24) is 15.3 Å². The summed E-state index contributed by atoms with van der Waals surface area (Å²) in [5, 5.41) is 3.16. The molecule has 23 heavy (non-hydrogen) atoms. The van der Waals surface area contributed by atoms with Gasteiger partial charge in [-0.2, -0.15) is 0 Å². The molecule has 1 aliphatic carbocycles. The van der Waals surface area contributed by atoms with Crippen LogP contribution in [-0.4, -0.2) is 35.5 Å². The van der Waals surface area contributed by atoms with Crippen LogP contribution in [-0.2, 0) is 0 Å². The average molecular weight is 318 g/mol. The van der Waals surface area contributed by atoms with E-state index in [2.05, 4.69) is 27.1 Å². The third-order valence-corrected chi connectivity index (χ3v) is 4.49. The van der Waals surface area contributed by atoms with Gasteiger partial charge in [-0.15, -0.1) is 0 Å². The maximum Gasteiger partial charge on any atom is 0.270 e. The maximum absolute atomic E-state index is 12.5. The fourth-order valence-electron chi connectivity index (χ4n) is 3.06. The number of aryl methyl sites for hydroxylation is 1. The summed E-state index contributed by atoms with van der Waals surface area (Å²) in [6.45, 7) is 4.96. The number of carbonyl (C=O) groups is 1. The molecule has 5 heteroatoms. The lowest BCUT2D eigenvalue weighted by Gasteiger charge is -2.20. The van der Waals surface area contributed by atoms with Crippen molar-refractivity contribution in [2.75, 3.05) is 18.5 Å². The van der Waals surface area contributed by atoms with Crippen molar-refractivity contribution in [3.63, 3.8) is 0 Å². The summed E-state index contributed by atoms with van der Waals surface area (Å²) >= 11 is 0. The summed E-state index contributed by atoms with van der Waals surface area (Å²) in [5.74, 6) is 1.42. The lowest BCUT2D eigenvalue weighted by atomic mass is 10.1. The second kappa shape index (κ2) is 8.85. The molecular formula is C18H30N4O. The van der Waals surface area contributed by atoms with Crippen LogP contribution in [0.5, 0.6) is 0 Å². The Morgan fingerprint density at radius 1 is 1.26 bits per heavy atom. The molecular weight excluding hydrogens is 288 g/mol. The van der Waals surface area contributed by atoms with E-state index in [9.17, 15) is 4.79 Å². The normalized spacial score (nSPS) is 16.0. The number of carbonyl (C=O) groups excluding carboxylic acids is 1. The molecule has 0 bridgehead atoms. The molecule has 1 fully saturated rings. The fourth-order valence-corrected chi connectivity index (χ4v) is 3.06. The summed E-state index contributed by atoms with van der Waals surface area (Å²) in [6.07, 6.45) is 9.40. The number of anilines is 1. The third kappa shape index (κ3) is 5.48. The summed E-state index contributed by atoms with van der Waals surface area (Å²) < 4.78 is 0. The number of rotatable bonds is 6. The van der Waals surface area contributed by atoms with Crippen molar-refractivity contribution in [1.29, 1.82) is 0 Å². The van der Waals surface area contributed by atoms with Crippen LogP contribution >= 0.6 is 0 Å². The minimum atomic E-state index is -0.0625. The largest absolute Gasteiger partial charge is 0.360 e. The highest BCUT2D eigenvalue weighted by atomic mass is 16.1. The molecule has 0 aromatic carbocycles. The predicted molar refractivity (Wildman–Crippen MR) is 93.9 cm³/mol. The molecule has 0 aliphatic heterocycles. The van der Waals surface area contributed by atoms with Crippen LogP contribution in [0, 0.1) is 6.92 Å². The van der Waals surface area contributed by atoms with Gasteiger partial charge in [-0.05, 0) is 26.2 Å². The number of unbranched alkanes of at least 4 members (excludes halogenated alkanes) is 1. The van der Waals surface area contributed by atoms with Crippen molar-refractivity contribution >= 4 is 11.7 Å². The van der Waals surface area contributed by atoms with Crippen LogP contribution in [0.3, 0.4) is 0 Å². The molecule has 0 saturated heterocycles. The number of amides is 1. The van der Waals surface area contributed by atoms with Crippen molar-refractivity contribution in [2.24, 2.45) is 0 Å². The van der Waals surface area contributed by atoms with E-state index in [0.717, 1.165) is 38.0 Å². The average Bonchev–Trinajstić information content (AvgIpc) is 2.80. The summed E-state index contributed by atoms with van der Waals surface area (Å²) in [7, 11) is 2.02. The SMILES string of the molecule is CCCCN(C)c1cc(C(=O)NC2CCCCCC2)nc(C)n1. The zero-order valence-electron chi connectivity index (χ0n) is 14.8. The third-order valence-electron chi connectivity index (χ3n) is 4.49. The first-order valence-electron chi connectivity index (χ1n) is 8.98. The highest BCUT2D eigenvalue weighted by Crippen LogP contribution is 2.18. The van der Waals surface area contributed by atoms with Gasteiger partial charge in [-0.3, -0.25) is 4.79 Å². The number of nitrogens with one attached hydrogen (secondary N) is 1. The highest BCUT2D eigenvalue weighted by Gasteiger charge is 2.18. The van der Waals surface area contributed by atoms with Gasteiger partial charge in [0.05, 0.1) is 0 Å². The molecule has 1 N–H and O–H groups in total.